The van der Waals surface area contributed by atoms with Gasteiger partial charge in [-0.15, -0.1) is 0 Å². The summed E-state index contributed by atoms with van der Waals surface area (Å²) in [4.78, 5) is 4.17. The number of nitrogens with zero attached hydrogens (tertiary/aromatic N) is 2. The van der Waals surface area contributed by atoms with Gasteiger partial charge in [0.15, 0.2) is 0 Å². The summed E-state index contributed by atoms with van der Waals surface area (Å²) >= 11 is 0. The molecule has 0 saturated heterocycles. The van der Waals surface area contributed by atoms with Crippen LogP contribution in [-0.4, -0.2) is 28.2 Å². The molecule has 2 aromatic rings. The Morgan fingerprint density at radius 3 is 0.947 bits per heavy atom. The molecule has 0 aliphatic carbocycles. The molecule has 0 bridgehead atoms. The third kappa shape index (κ3) is 6.91. The van der Waals surface area contributed by atoms with E-state index in [4.69, 9.17) is 0 Å². The van der Waals surface area contributed by atoms with E-state index < -0.39 is 0 Å². The van der Waals surface area contributed by atoms with Crippen LogP contribution >= 0.6 is 0 Å². The van der Waals surface area contributed by atoms with Crippen molar-refractivity contribution in [3.05, 3.63) is 60.7 Å². The minimum Gasteiger partial charge on any atom is -0.378 e. The van der Waals surface area contributed by atoms with E-state index in [-0.39, 0.29) is 17.4 Å². The summed E-state index contributed by atoms with van der Waals surface area (Å²) in [6.07, 6.45) is 0. The van der Waals surface area contributed by atoms with Crippen LogP contribution in [0.2, 0.25) is 0 Å². The van der Waals surface area contributed by atoms with E-state index in [1.165, 1.54) is 11.4 Å². The molecule has 0 aromatic heterocycles. The average molecular weight is 294 g/mol. The Labute approximate surface area is 127 Å². The molecule has 0 atom stereocenters. The summed E-state index contributed by atoms with van der Waals surface area (Å²) in [7, 11) is 8.15. The van der Waals surface area contributed by atoms with Gasteiger partial charge < -0.3 is 9.80 Å². The van der Waals surface area contributed by atoms with Crippen LogP contribution in [0.4, 0.5) is 11.4 Å². The SMILES string of the molecule is CN(C)c1ccccc1.CN(C)c1ccccc1.[Cr]. The molecule has 3 heteroatoms. The van der Waals surface area contributed by atoms with Crippen LogP contribution in [0.25, 0.3) is 0 Å². The van der Waals surface area contributed by atoms with E-state index in [1.807, 2.05) is 64.6 Å². The first-order valence-electron chi connectivity index (χ1n) is 6.06. The topological polar surface area (TPSA) is 6.48 Å². The smallest absolute Gasteiger partial charge is 0.0360 e. The molecule has 2 nitrogen and oxygen atoms in total. The van der Waals surface area contributed by atoms with E-state index in [2.05, 4.69) is 34.1 Å². The zero-order chi connectivity index (χ0) is 13.4. The van der Waals surface area contributed by atoms with Crippen molar-refractivity contribution in [2.75, 3.05) is 38.0 Å². The maximum Gasteiger partial charge on any atom is 0.0360 e. The summed E-state index contributed by atoms with van der Waals surface area (Å²) in [6, 6.07) is 20.5. The monoisotopic (exact) mass is 294 g/mol. The third-order valence-electron chi connectivity index (χ3n) is 2.55. The van der Waals surface area contributed by atoms with Crippen molar-refractivity contribution < 1.29 is 17.4 Å². The Bertz CT molecular complexity index is 384. The van der Waals surface area contributed by atoms with Gasteiger partial charge in [0.1, 0.15) is 0 Å². The predicted octanol–water partition coefficient (Wildman–Crippen LogP) is 3.50. The quantitative estimate of drug-likeness (QED) is 0.836. The molecule has 0 heterocycles. The number of anilines is 2. The summed E-state index contributed by atoms with van der Waals surface area (Å²) in [5.41, 5.74) is 2.50. The predicted molar refractivity (Wildman–Crippen MR) is 81.5 cm³/mol. The van der Waals surface area contributed by atoms with Gasteiger partial charge in [-0.25, -0.2) is 0 Å². The molecular weight excluding hydrogens is 272 g/mol. The molecule has 0 amide bonds. The Kier molecular flexibility index (Phi) is 8.78. The van der Waals surface area contributed by atoms with Crippen LogP contribution < -0.4 is 9.80 Å². The van der Waals surface area contributed by atoms with Gasteiger partial charge >= 0.3 is 0 Å². The number of benzene rings is 2. The Morgan fingerprint density at radius 2 is 0.789 bits per heavy atom. The molecule has 102 valence electrons. The van der Waals surface area contributed by atoms with E-state index in [9.17, 15) is 0 Å². The zero-order valence-corrected chi connectivity index (χ0v) is 13.4. The first kappa shape index (κ1) is 17.6. The van der Waals surface area contributed by atoms with Gasteiger partial charge in [-0.2, -0.15) is 0 Å². The summed E-state index contributed by atoms with van der Waals surface area (Å²) in [5, 5.41) is 0. The second kappa shape index (κ2) is 9.50. The fourth-order valence-corrected chi connectivity index (χ4v) is 1.45. The van der Waals surface area contributed by atoms with Crippen LogP contribution in [0.5, 0.6) is 0 Å². The van der Waals surface area contributed by atoms with Gasteiger partial charge in [-0.05, 0) is 24.3 Å². The molecule has 0 spiro atoms. The van der Waals surface area contributed by atoms with Crippen LogP contribution in [0.15, 0.2) is 60.7 Å². The van der Waals surface area contributed by atoms with Gasteiger partial charge in [0, 0.05) is 56.9 Å². The zero-order valence-electron chi connectivity index (χ0n) is 12.1. The molecule has 0 aliphatic heterocycles. The Balaban J connectivity index is 0.000000324. The van der Waals surface area contributed by atoms with Crippen molar-refractivity contribution in [1.29, 1.82) is 0 Å². The minimum atomic E-state index is 0. The van der Waals surface area contributed by atoms with Crippen LogP contribution in [0.3, 0.4) is 0 Å². The van der Waals surface area contributed by atoms with E-state index >= 15 is 0 Å². The molecule has 0 radical (unpaired) electrons. The summed E-state index contributed by atoms with van der Waals surface area (Å²) in [5.74, 6) is 0. The molecular formula is C16H22CrN2. The normalized spacial score (nSPS) is 8.63. The summed E-state index contributed by atoms with van der Waals surface area (Å²) < 4.78 is 0. The molecule has 0 aliphatic rings. The molecule has 2 rings (SSSR count). The van der Waals surface area contributed by atoms with Crippen LogP contribution in [0.1, 0.15) is 0 Å². The Hall–Kier alpha value is -1.43. The second-order valence-corrected chi connectivity index (χ2v) is 4.46. The fourth-order valence-electron chi connectivity index (χ4n) is 1.45. The fraction of sp³-hybridized carbons (Fsp3) is 0.250. The molecule has 2 aromatic carbocycles. The van der Waals surface area contributed by atoms with Crippen molar-refractivity contribution in [3.8, 4) is 0 Å². The molecule has 0 unspecified atom stereocenters. The summed E-state index contributed by atoms with van der Waals surface area (Å²) in [6.45, 7) is 0. The van der Waals surface area contributed by atoms with Crippen molar-refractivity contribution in [3.63, 3.8) is 0 Å². The second-order valence-electron chi connectivity index (χ2n) is 4.46. The Morgan fingerprint density at radius 1 is 0.526 bits per heavy atom. The van der Waals surface area contributed by atoms with Crippen molar-refractivity contribution in [2.45, 2.75) is 0 Å². The first-order chi connectivity index (χ1) is 8.61. The molecule has 0 saturated carbocycles. The number of rotatable bonds is 2. The maximum absolute atomic E-state index is 2.08. The molecule has 19 heavy (non-hydrogen) atoms. The van der Waals surface area contributed by atoms with E-state index in [1.54, 1.807) is 0 Å². The number of hydrogen-bond acceptors (Lipinski definition) is 2. The van der Waals surface area contributed by atoms with Gasteiger partial charge in [0.2, 0.25) is 0 Å². The van der Waals surface area contributed by atoms with Gasteiger partial charge in [0.25, 0.3) is 0 Å². The van der Waals surface area contributed by atoms with Crippen molar-refractivity contribution in [2.24, 2.45) is 0 Å². The van der Waals surface area contributed by atoms with Crippen molar-refractivity contribution >= 4 is 11.4 Å². The minimum absolute atomic E-state index is 0. The standard InChI is InChI=1S/2C8H11N.Cr/c2*1-9(2)8-6-4-3-5-7-8;/h2*3-7H,1-2H3;. The average Bonchev–Trinajstić information content (AvgIpc) is 2.41. The number of para-hydroxylation sites is 2. The van der Waals surface area contributed by atoms with Gasteiger partial charge in [-0.3, -0.25) is 0 Å². The van der Waals surface area contributed by atoms with Gasteiger partial charge in [-0.1, -0.05) is 36.4 Å². The maximum atomic E-state index is 2.08. The number of hydrogen-bond donors (Lipinski definition) is 0. The van der Waals surface area contributed by atoms with E-state index in [0.29, 0.717) is 0 Å². The van der Waals surface area contributed by atoms with Gasteiger partial charge in [0.05, 0.1) is 0 Å². The van der Waals surface area contributed by atoms with Crippen molar-refractivity contribution in [1.82, 2.24) is 0 Å². The van der Waals surface area contributed by atoms with E-state index in [0.717, 1.165) is 0 Å². The van der Waals surface area contributed by atoms with Crippen LogP contribution in [-0.2, 0) is 17.4 Å². The first-order valence-corrected chi connectivity index (χ1v) is 6.06. The third-order valence-corrected chi connectivity index (χ3v) is 2.55. The molecule has 0 fully saturated rings. The molecule has 0 N–H and O–H groups in total. The van der Waals surface area contributed by atoms with Crippen LogP contribution in [0, 0.1) is 0 Å². The largest absolute Gasteiger partial charge is 0.378 e.